The molecule has 3 aliphatic carbocycles. The standard InChI is InChI=1S/C69H75BN2S/c1-40-19-18-20-41(2)60(40)43-34-47-46-37-51-53(69(14,15)32-30-67(51,10)11)39-56(46)72(44-23-24-48-50(36-44)66(8,9)28-27-64(48,4)5)70-62(47)57(35-43)71(54-25-26-59-61(63(54)70)45-21-16-17-22-58(45)73-59)55-38-52-49(33-42(55)3)65(6,7)29-31-68(52,12)13/h16-26,33-39H,27-32H2,1-15H3. The van der Waals surface area contributed by atoms with Crippen molar-refractivity contribution in [2.45, 2.75) is 175 Å². The molecule has 7 aromatic carbocycles. The maximum absolute atomic E-state index is 2.86. The molecule has 0 atom stereocenters. The van der Waals surface area contributed by atoms with Gasteiger partial charge >= 0.3 is 6.85 Å². The van der Waals surface area contributed by atoms with Crippen LogP contribution in [-0.2, 0) is 32.5 Å². The van der Waals surface area contributed by atoms with Crippen molar-refractivity contribution in [2.24, 2.45) is 0 Å². The number of hydrogen-bond donors (Lipinski definition) is 0. The highest BCUT2D eigenvalue weighted by atomic mass is 32.1. The van der Waals surface area contributed by atoms with Crippen LogP contribution in [0, 0.1) is 20.8 Å². The highest BCUT2D eigenvalue weighted by Gasteiger charge is 2.50. The third kappa shape index (κ3) is 6.73. The summed E-state index contributed by atoms with van der Waals surface area (Å²) in [5.74, 6) is 0. The zero-order valence-corrected chi connectivity index (χ0v) is 47.3. The molecule has 0 saturated heterocycles. The van der Waals surface area contributed by atoms with Gasteiger partial charge < -0.3 is 9.71 Å². The van der Waals surface area contributed by atoms with E-state index in [1.807, 2.05) is 11.3 Å². The first-order chi connectivity index (χ1) is 34.4. The van der Waals surface area contributed by atoms with Crippen LogP contribution in [0.3, 0.4) is 0 Å². The lowest BCUT2D eigenvalue weighted by atomic mass is 9.42. The van der Waals surface area contributed by atoms with Gasteiger partial charge in [0.05, 0.1) is 0 Å². The van der Waals surface area contributed by atoms with Crippen molar-refractivity contribution in [3.8, 4) is 22.3 Å². The van der Waals surface area contributed by atoms with Crippen molar-refractivity contribution < 1.29 is 0 Å². The molecule has 0 bridgehead atoms. The number of benzene rings is 7. The van der Waals surface area contributed by atoms with Gasteiger partial charge in [0, 0.05) is 43.4 Å². The number of anilines is 5. The zero-order chi connectivity index (χ0) is 51.3. The van der Waals surface area contributed by atoms with Crippen molar-refractivity contribution >= 4 is 77.7 Å². The van der Waals surface area contributed by atoms with Gasteiger partial charge in [-0.3, -0.25) is 0 Å². The minimum absolute atomic E-state index is 0.0311. The SMILES string of the molecule is Cc1cc2c(cc1N1c3cc(-c4c(C)cccc4C)cc4c3B(c3c1ccc1sc5ccccc5c31)N(c1ccc3c(c1)C(C)(C)CCC3(C)C)c1cc3c(cc1-4)C(C)(C)CCC3(C)C)C(C)(C)CCC2(C)C. The number of fused-ring (bicyclic) bond motifs is 11. The first-order valence-corrected chi connectivity index (χ1v) is 28.5. The van der Waals surface area contributed by atoms with Crippen LogP contribution in [0.5, 0.6) is 0 Å². The number of aryl methyl sites for hydroxylation is 3. The molecular weight excluding hydrogens is 900 g/mol. The lowest BCUT2D eigenvalue weighted by molar-refractivity contribution is 0.332. The number of rotatable bonds is 3. The highest BCUT2D eigenvalue weighted by molar-refractivity contribution is 7.26. The molecule has 1 aromatic heterocycles. The quantitative estimate of drug-likeness (QED) is 0.163. The van der Waals surface area contributed by atoms with E-state index in [9.17, 15) is 0 Å². The molecular formula is C69H75BN2S. The van der Waals surface area contributed by atoms with Gasteiger partial charge in [-0.05, 0) is 241 Å². The summed E-state index contributed by atoms with van der Waals surface area (Å²) in [4.78, 5) is 5.62. The normalized spacial score (nSPS) is 20.0. The Labute approximate surface area is 441 Å². The largest absolute Gasteiger partial charge is 0.376 e. The smallest absolute Gasteiger partial charge is 0.333 e. The second-order valence-electron chi connectivity index (χ2n) is 27.4. The maximum atomic E-state index is 2.86. The van der Waals surface area contributed by atoms with E-state index in [0.29, 0.717) is 0 Å². The van der Waals surface area contributed by atoms with E-state index in [2.05, 4.69) is 223 Å². The molecule has 8 aromatic rings. The molecule has 0 amide bonds. The Balaban J connectivity index is 1.23. The van der Waals surface area contributed by atoms with Crippen LogP contribution in [0.25, 0.3) is 42.4 Å². The molecule has 4 heteroatoms. The maximum Gasteiger partial charge on any atom is 0.333 e. The molecule has 13 rings (SSSR count). The molecule has 370 valence electrons. The van der Waals surface area contributed by atoms with Crippen LogP contribution in [-0.4, -0.2) is 6.85 Å². The third-order valence-electron chi connectivity index (χ3n) is 19.8. The van der Waals surface area contributed by atoms with Gasteiger partial charge in [0.15, 0.2) is 0 Å². The van der Waals surface area contributed by atoms with Crippen LogP contribution < -0.4 is 20.6 Å². The molecule has 3 heterocycles. The van der Waals surface area contributed by atoms with Crippen molar-refractivity contribution in [3.05, 3.63) is 159 Å². The molecule has 0 N–H and O–H groups in total. The van der Waals surface area contributed by atoms with Crippen LogP contribution >= 0.6 is 11.3 Å². The minimum atomic E-state index is -0.110. The molecule has 5 aliphatic rings. The van der Waals surface area contributed by atoms with Gasteiger partial charge in [-0.25, -0.2) is 0 Å². The van der Waals surface area contributed by atoms with E-state index >= 15 is 0 Å². The molecule has 0 spiro atoms. The van der Waals surface area contributed by atoms with Crippen molar-refractivity contribution in [2.75, 3.05) is 9.71 Å². The van der Waals surface area contributed by atoms with Crippen molar-refractivity contribution in [1.29, 1.82) is 0 Å². The summed E-state index contributed by atoms with van der Waals surface area (Å²) >= 11 is 1.95. The molecule has 2 aliphatic heterocycles. The van der Waals surface area contributed by atoms with E-state index in [1.165, 1.54) is 170 Å². The summed E-state index contributed by atoms with van der Waals surface area (Å²) in [7, 11) is 0. The second-order valence-corrected chi connectivity index (χ2v) is 28.5. The van der Waals surface area contributed by atoms with Gasteiger partial charge in [0.1, 0.15) is 0 Å². The monoisotopic (exact) mass is 975 g/mol. The molecule has 0 fully saturated rings. The first kappa shape index (κ1) is 47.2. The Morgan fingerprint density at radius 1 is 0.411 bits per heavy atom. The fourth-order valence-corrected chi connectivity index (χ4v) is 16.1. The summed E-state index contributed by atoms with van der Waals surface area (Å²) < 4.78 is 2.70. The average Bonchev–Trinajstić information content (AvgIpc) is 3.74. The van der Waals surface area contributed by atoms with Crippen LogP contribution in [0.1, 0.15) is 172 Å². The van der Waals surface area contributed by atoms with E-state index < -0.39 is 0 Å². The summed E-state index contributed by atoms with van der Waals surface area (Å²) in [6.45, 7) is 36.8. The Morgan fingerprint density at radius 2 is 0.959 bits per heavy atom. The van der Waals surface area contributed by atoms with Crippen LogP contribution in [0.4, 0.5) is 28.4 Å². The molecule has 73 heavy (non-hydrogen) atoms. The Morgan fingerprint density at radius 3 is 1.59 bits per heavy atom. The van der Waals surface area contributed by atoms with E-state index in [4.69, 9.17) is 0 Å². The van der Waals surface area contributed by atoms with Gasteiger partial charge in [-0.15, -0.1) is 11.3 Å². The molecule has 2 nitrogen and oxygen atoms in total. The van der Waals surface area contributed by atoms with Gasteiger partial charge in [-0.1, -0.05) is 132 Å². The number of hydrogen-bond acceptors (Lipinski definition) is 3. The van der Waals surface area contributed by atoms with E-state index in [0.717, 1.165) is 0 Å². The van der Waals surface area contributed by atoms with E-state index in [-0.39, 0.29) is 39.3 Å². The van der Waals surface area contributed by atoms with Crippen LogP contribution in [0.15, 0.2) is 109 Å². The second kappa shape index (κ2) is 15.3. The van der Waals surface area contributed by atoms with Gasteiger partial charge in [-0.2, -0.15) is 0 Å². The lowest BCUT2D eigenvalue weighted by Gasteiger charge is -2.49. The fraction of sp³-hybridized carbons (Fsp3) is 0.391. The Bertz CT molecular complexity index is 3680. The molecule has 0 unspecified atom stereocenters. The van der Waals surface area contributed by atoms with Crippen LogP contribution in [0.2, 0.25) is 0 Å². The summed E-state index contributed by atoms with van der Waals surface area (Å²) in [6, 6.07) is 44.6. The zero-order valence-electron chi connectivity index (χ0n) is 46.5. The summed E-state index contributed by atoms with van der Waals surface area (Å²) in [5.41, 5.74) is 28.1. The van der Waals surface area contributed by atoms with E-state index in [1.54, 1.807) is 0 Å². The van der Waals surface area contributed by atoms with Crippen molar-refractivity contribution in [1.82, 2.24) is 0 Å². The minimum Gasteiger partial charge on any atom is -0.376 e. The Hall–Kier alpha value is -5.58. The Kier molecular flexibility index (Phi) is 9.87. The first-order valence-electron chi connectivity index (χ1n) is 27.7. The fourth-order valence-electron chi connectivity index (χ4n) is 15.0. The average molecular weight is 975 g/mol. The highest BCUT2D eigenvalue weighted by Crippen LogP contribution is 2.57. The van der Waals surface area contributed by atoms with Gasteiger partial charge in [0.25, 0.3) is 0 Å². The summed E-state index contributed by atoms with van der Waals surface area (Å²) in [5, 5.41) is 2.75. The molecule has 0 radical (unpaired) electrons. The predicted octanol–water partition coefficient (Wildman–Crippen LogP) is 18.4. The number of thiophene rings is 1. The number of nitrogens with zero attached hydrogens (tertiary/aromatic N) is 2. The van der Waals surface area contributed by atoms with Gasteiger partial charge in [0.2, 0.25) is 0 Å². The predicted molar refractivity (Wildman–Crippen MR) is 319 cm³/mol. The lowest BCUT2D eigenvalue weighted by Crippen LogP contribution is -2.62. The topological polar surface area (TPSA) is 6.48 Å². The summed E-state index contributed by atoms with van der Waals surface area (Å²) in [6.07, 6.45) is 7.07. The third-order valence-corrected chi connectivity index (χ3v) is 21.0. The van der Waals surface area contributed by atoms with Crippen molar-refractivity contribution in [3.63, 3.8) is 0 Å². The molecule has 0 saturated carbocycles.